The van der Waals surface area contributed by atoms with Crippen molar-refractivity contribution >= 4 is 0 Å². The molecule has 0 aliphatic rings. The lowest BCUT2D eigenvalue weighted by Gasteiger charge is -2.41. The van der Waals surface area contributed by atoms with Gasteiger partial charge in [-0.1, -0.05) is 0 Å². The van der Waals surface area contributed by atoms with E-state index in [9.17, 15) is 5.11 Å². The first-order valence-electron chi connectivity index (χ1n) is 4.93. The predicted molar refractivity (Wildman–Crippen MR) is 56.2 cm³/mol. The Bertz CT molecular complexity index is 155. The van der Waals surface area contributed by atoms with Gasteiger partial charge >= 0.3 is 0 Å². The third-order valence-corrected chi connectivity index (χ3v) is 2.84. The van der Waals surface area contributed by atoms with Crippen LogP contribution in [0.4, 0.5) is 0 Å². The standard InChI is InChI=1S/C10H23NO3/c1-9(2,14-7-5-6-11)10(3,8-12)13-4/h12H,5-8,11H2,1-4H3. The van der Waals surface area contributed by atoms with Crippen LogP contribution in [0.25, 0.3) is 0 Å². The highest BCUT2D eigenvalue weighted by Crippen LogP contribution is 2.28. The van der Waals surface area contributed by atoms with Gasteiger partial charge in [0.2, 0.25) is 0 Å². The summed E-state index contributed by atoms with van der Waals surface area (Å²) in [5, 5.41) is 9.25. The van der Waals surface area contributed by atoms with Crippen molar-refractivity contribution in [1.29, 1.82) is 0 Å². The van der Waals surface area contributed by atoms with E-state index in [2.05, 4.69) is 0 Å². The molecule has 0 aromatic carbocycles. The summed E-state index contributed by atoms with van der Waals surface area (Å²) in [6.07, 6.45) is 0.814. The van der Waals surface area contributed by atoms with E-state index >= 15 is 0 Å². The van der Waals surface area contributed by atoms with Gasteiger partial charge in [-0.15, -0.1) is 0 Å². The van der Waals surface area contributed by atoms with E-state index in [1.165, 1.54) is 0 Å². The molecule has 0 amide bonds. The van der Waals surface area contributed by atoms with Gasteiger partial charge in [0.25, 0.3) is 0 Å². The number of hydrogen-bond acceptors (Lipinski definition) is 4. The highest BCUT2D eigenvalue weighted by molar-refractivity contribution is 4.92. The highest BCUT2D eigenvalue weighted by atomic mass is 16.6. The fourth-order valence-corrected chi connectivity index (χ4v) is 1.06. The number of rotatable bonds is 7. The molecule has 0 rings (SSSR count). The van der Waals surface area contributed by atoms with Crippen molar-refractivity contribution in [1.82, 2.24) is 0 Å². The zero-order valence-electron chi connectivity index (χ0n) is 9.67. The topological polar surface area (TPSA) is 64.7 Å². The average Bonchev–Trinajstić information content (AvgIpc) is 2.16. The molecule has 14 heavy (non-hydrogen) atoms. The molecular weight excluding hydrogens is 182 g/mol. The van der Waals surface area contributed by atoms with Crippen molar-refractivity contribution in [2.45, 2.75) is 38.4 Å². The van der Waals surface area contributed by atoms with Crippen molar-refractivity contribution in [3.63, 3.8) is 0 Å². The number of nitrogens with two attached hydrogens (primary N) is 1. The Morgan fingerprint density at radius 3 is 2.21 bits per heavy atom. The number of ether oxygens (including phenoxy) is 2. The Labute approximate surface area is 86.4 Å². The predicted octanol–water partition coefficient (Wildman–Crippen LogP) is 0.528. The molecule has 3 N–H and O–H groups in total. The van der Waals surface area contributed by atoms with E-state index < -0.39 is 11.2 Å². The molecule has 0 spiro atoms. The number of methoxy groups -OCH3 is 1. The Kier molecular flexibility index (Phi) is 5.59. The van der Waals surface area contributed by atoms with Crippen LogP contribution in [0.1, 0.15) is 27.2 Å². The van der Waals surface area contributed by atoms with Gasteiger partial charge in [0.05, 0.1) is 12.2 Å². The van der Waals surface area contributed by atoms with Crippen LogP contribution in [0.15, 0.2) is 0 Å². The summed E-state index contributed by atoms with van der Waals surface area (Å²) < 4.78 is 10.9. The van der Waals surface area contributed by atoms with Crippen LogP contribution in [-0.4, -0.2) is 43.2 Å². The van der Waals surface area contributed by atoms with Crippen LogP contribution < -0.4 is 5.73 Å². The second kappa shape index (κ2) is 5.66. The second-order valence-electron chi connectivity index (χ2n) is 4.09. The average molecular weight is 205 g/mol. The van der Waals surface area contributed by atoms with Crippen LogP contribution in [0.3, 0.4) is 0 Å². The molecule has 0 fully saturated rings. The molecule has 4 nitrogen and oxygen atoms in total. The Morgan fingerprint density at radius 1 is 1.29 bits per heavy atom. The van der Waals surface area contributed by atoms with Crippen molar-refractivity contribution in [2.24, 2.45) is 5.73 Å². The van der Waals surface area contributed by atoms with Gasteiger partial charge in [0, 0.05) is 13.7 Å². The molecule has 0 saturated carbocycles. The molecular formula is C10H23NO3. The third-order valence-electron chi connectivity index (χ3n) is 2.84. The molecule has 0 aliphatic carbocycles. The van der Waals surface area contributed by atoms with Gasteiger partial charge in [-0.25, -0.2) is 0 Å². The minimum atomic E-state index is -0.679. The lowest BCUT2D eigenvalue weighted by atomic mass is 9.88. The molecule has 0 saturated heterocycles. The minimum absolute atomic E-state index is 0.0703. The summed E-state index contributed by atoms with van der Waals surface area (Å²) in [5.41, 5.74) is 4.17. The summed E-state index contributed by atoms with van der Waals surface area (Å²) in [6, 6.07) is 0. The zero-order chi connectivity index (χ0) is 11.2. The molecule has 0 heterocycles. The van der Waals surface area contributed by atoms with E-state index in [0.29, 0.717) is 13.2 Å². The van der Waals surface area contributed by atoms with E-state index in [1.54, 1.807) is 7.11 Å². The van der Waals surface area contributed by atoms with Gasteiger partial charge in [-0.2, -0.15) is 0 Å². The molecule has 0 aliphatic heterocycles. The largest absolute Gasteiger partial charge is 0.393 e. The lowest BCUT2D eigenvalue weighted by molar-refractivity contribution is -0.188. The minimum Gasteiger partial charge on any atom is -0.393 e. The Hall–Kier alpha value is -0.160. The first-order chi connectivity index (χ1) is 6.43. The Balaban J connectivity index is 4.26. The van der Waals surface area contributed by atoms with E-state index in [0.717, 1.165) is 6.42 Å². The van der Waals surface area contributed by atoms with Crippen molar-refractivity contribution in [2.75, 3.05) is 26.9 Å². The molecule has 1 atom stereocenters. The normalized spacial score (nSPS) is 16.7. The number of aliphatic hydroxyl groups is 1. The van der Waals surface area contributed by atoms with Gasteiger partial charge in [-0.05, 0) is 33.7 Å². The number of aliphatic hydroxyl groups excluding tert-OH is 1. The summed E-state index contributed by atoms with van der Waals surface area (Å²) in [6.45, 7) is 6.77. The van der Waals surface area contributed by atoms with Gasteiger partial charge < -0.3 is 20.3 Å². The van der Waals surface area contributed by atoms with Crippen LogP contribution in [0.5, 0.6) is 0 Å². The van der Waals surface area contributed by atoms with E-state index in [1.807, 2.05) is 20.8 Å². The third kappa shape index (κ3) is 3.20. The number of hydrogen-bond donors (Lipinski definition) is 2. The van der Waals surface area contributed by atoms with Crippen LogP contribution in [-0.2, 0) is 9.47 Å². The maximum atomic E-state index is 9.25. The van der Waals surface area contributed by atoms with Gasteiger partial charge in [0.1, 0.15) is 5.60 Å². The van der Waals surface area contributed by atoms with E-state index in [4.69, 9.17) is 15.2 Å². The smallest absolute Gasteiger partial charge is 0.116 e. The highest BCUT2D eigenvalue weighted by Gasteiger charge is 2.41. The second-order valence-corrected chi connectivity index (χ2v) is 4.09. The lowest BCUT2D eigenvalue weighted by Crippen LogP contribution is -2.53. The zero-order valence-corrected chi connectivity index (χ0v) is 9.67. The first-order valence-corrected chi connectivity index (χ1v) is 4.93. The SMILES string of the molecule is COC(C)(CO)C(C)(C)OCCCN. The quantitative estimate of drug-likeness (QED) is 0.595. The summed E-state index contributed by atoms with van der Waals surface area (Å²) in [4.78, 5) is 0. The van der Waals surface area contributed by atoms with Crippen LogP contribution in [0.2, 0.25) is 0 Å². The van der Waals surface area contributed by atoms with Crippen molar-refractivity contribution in [3.8, 4) is 0 Å². The van der Waals surface area contributed by atoms with E-state index in [-0.39, 0.29) is 6.61 Å². The van der Waals surface area contributed by atoms with Gasteiger partial charge in [0.15, 0.2) is 0 Å². The van der Waals surface area contributed by atoms with Crippen molar-refractivity contribution in [3.05, 3.63) is 0 Å². The molecule has 0 radical (unpaired) electrons. The van der Waals surface area contributed by atoms with Crippen molar-refractivity contribution < 1.29 is 14.6 Å². The summed E-state index contributed by atoms with van der Waals surface area (Å²) >= 11 is 0. The molecule has 0 bridgehead atoms. The summed E-state index contributed by atoms with van der Waals surface area (Å²) in [5.74, 6) is 0. The maximum absolute atomic E-state index is 9.25. The monoisotopic (exact) mass is 205 g/mol. The summed E-state index contributed by atoms with van der Waals surface area (Å²) in [7, 11) is 1.57. The fourth-order valence-electron chi connectivity index (χ4n) is 1.06. The fraction of sp³-hybridized carbons (Fsp3) is 1.00. The molecule has 1 unspecified atom stereocenters. The molecule has 0 aromatic heterocycles. The van der Waals surface area contributed by atoms with Crippen LogP contribution >= 0.6 is 0 Å². The van der Waals surface area contributed by atoms with Gasteiger partial charge in [-0.3, -0.25) is 0 Å². The maximum Gasteiger partial charge on any atom is 0.116 e. The molecule has 86 valence electrons. The molecule has 0 aromatic rings. The van der Waals surface area contributed by atoms with Crippen LogP contribution in [0, 0.1) is 0 Å². The Morgan fingerprint density at radius 2 is 1.86 bits per heavy atom. The molecule has 4 heteroatoms. The first kappa shape index (κ1) is 13.8.